The van der Waals surface area contributed by atoms with Crippen LogP contribution >= 0.6 is 11.6 Å². The predicted molar refractivity (Wildman–Crippen MR) is 117 cm³/mol. The lowest BCUT2D eigenvalue weighted by molar-refractivity contribution is -0.139. The van der Waals surface area contributed by atoms with Crippen LogP contribution in [0, 0.1) is 5.82 Å². The van der Waals surface area contributed by atoms with Gasteiger partial charge in [-0.1, -0.05) is 54.1 Å². The van der Waals surface area contributed by atoms with E-state index in [9.17, 15) is 19.1 Å². The average Bonchev–Trinajstić information content (AvgIpc) is 3.04. The summed E-state index contributed by atoms with van der Waals surface area (Å²) >= 11 is 5.93. The number of benzene rings is 3. The molecule has 0 aliphatic carbocycles. The summed E-state index contributed by atoms with van der Waals surface area (Å²) in [4.78, 5) is 27.3. The molecular weight excluding hydrogens is 417 g/mol. The van der Waals surface area contributed by atoms with Gasteiger partial charge in [0.2, 0.25) is 0 Å². The molecule has 0 bridgehead atoms. The number of rotatable bonds is 5. The topological polar surface area (TPSA) is 57.6 Å². The van der Waals surface area contributed by atoms with Gasteiger partial charge in [-0.3, -0.25) is 9.59 Å². The Bertz CT molecular complexity index is 1140. The van der Waals surface area contributed by atoms with Crippen molar-refractivity contribution in [2.45, 2.75) is 12.5 Å². The average molecular weight is 436 g/mol. The van der Waals surface area contributed by atoms with Gasteiger partial charge in [-0.2, -0.15) is 0 Å². The van der Waals surface area contributed by atoms with Crippen LogP contribution in [-0.2, 0) is 16.0 Å². The molecular formula is C25H19ClFNO3. The second-order valence-corrected chi connectivity index (χ2v) is 7.72. The Morgan fingerprint density at radius 1 is 0.935 bits per heavy atom. The molecule has 156 valence electrons. The number of carbonyl (C=O) groups excluding carboxylic acids is 2. The molecule has 0 radical (unpaired) electrons. The van der Waals surface area contributed by atoms with Crippen LogP contribution in [0.1, 0.15) is 22.7 Å². The first kappa shape index (κ1) is 20.8. The third-order valence-electron chi connectivity index (χ3n) is 5.33. The quantitative estimate of drug-likeness (QED) is 0.343. The molecule has 4 nitrogen and oxygen atoms in total. The highest BCUT2D eigenvalue weighted by atomic mass is 35.5. The van der Waals surface area contributed by atoms with Crippen molar-refractivity contribution in [2.75, 3.05) is 6.54 Å². The molecule has 1 fully saturated rings. The van der Waals surface area contributed by atoms with Crippen molar-refractivity contribution in [3.05, 3.63) is 112 Å². The smallest absolute Gasteiger partial charge is 0.295 e. The van der Waals surface area contributed by atoms with E-state index in [1.807, 2.05) is 30.3 Å². The van der Waals surface area contributed by atoms with Crippen LogP contribution in [0.25, 0.3) is 5.76 Å². The van der Waals surface area contributed by atoms with Crippen molar-refractivity contribution in [1.29, 1.82) is 0 Å². The van der Waals surface area contributed by atoms with E-state index in [-0.39, 0.29) is 17.9 Å². The number of hydrogen-bond acceptors (Lipinski definition) is 3. The van der Waals surface area contributed by atoms with Gasteiger partial charge in [0.05, 0.1) is 11.6 Å². The van der Waals surface area contributed by atoms with Gasteiger partial charge in [-0.15, -0.1) is 0 Å². The van der Waals surface area contributed by atoms with Gasteiger partial charge in [0.1, 0.15) is 11.6 Å². The Balaban J connectivity index is 1.78. The lowest BCUT2D eigenvalue weighted by Crippen LogP contribution is -2.31. The number of Topliss-reactive ketones (excluding diaryl/α,β-unsaturated/α-hetero) is 1. The minimum atomic E-state index is -0.819. The number of likely N-dealkylation sites (tertiary alicyclic amines) is 1. The number of aliphatic hydroxyl groups excluding tert-OH is 1. The van der Waals surface area contributed by atoms with E-state index in [0.717, 1.165) is 5.56 Å². The number of nitrogens with zero attached hydrogens (tertiary/aromatic N) is 1. The van der Waals surface area contributed by atoms with E-state index in [0.29, 0.717) is 22.6 Å². The summed E-state index contributed by atoms with van der Waals surface area (Å²) in [7, 11) is 0. The molecule has 0 spiro atoms. The van der Waals surface area contributed by atoms with Crippen molar-refractivity contribution in [3.8, 4) is 0 Å². The van der Waals surface area contributed by atoms with Crippen molar-refractivity contribution in [1.82, 2.24) is 4.90 Å². The largest absolute Gasteiger partial charge is 0.507 e. The second kappa shape index (κ2) is 8.74. The molecule has 31 heavy (non-hydrogen) atoms. The van der Waals surface area contributed by atoms with Gasteiger partial charge in [0.25, 0.3) is 11.7 Å². The lowest BCUT2D eigenvalue weighted by atomic mass is 9.95. The monoisotopic (exact) mass is 435 g/mol. The second-order valence-electron chi connectivity index (χ2n) is 7.29. The van der Waals surface area contributed by atoms with E-state index in [2.05, 4.69) is 0 Å². The van der Waals surface area contributed by atoms with E-state index in [1.54, 1.807) is 24.3 Å². The Morgan fingerprint density at radius 2 is 1.58 bits per heavy atom. The maximum absolute atomic E-state index is 13.5. The van der Waals surface area contributed by atoms with Crippen LogP contribution in [0.4, 0.5) is 4.39 Å². The van der Waals surface area contributed by atoms with Crippen molar-refractivity contribution in [2.24, 2.45) is 0 Å². The van der Waals surface area contributed by atoms with Gasteiger partial charge < -0.3 is 10.0 Å². The molecule has 1 atom stereocenters. The fourth-order valence-corrected chi connectivity index (χ4v) is 3.89. The molecule has 1 aliphatic rings. The molecule has 3 aromatic rings. The zero-order valence-electron chi connectivity index (χ0n) is 16.5. The van der Waals surface area contributed by atoms with Crippen LogP contribution in [0.15, 0.2) is 84.4 Å². The first-order chi connectivity index (χ1) is 15.0. The zero-order chi connectivity index (χ0) is 22.0. The van der Waals surface area contributed by atoms with Crippen LogP contribution in [0.5, 0.6) is 0 Å². The summed E-state index contributed by atoms with van der Waals surface area (Å²) in [5, 5.41) is 11.4. The summed E-state index contributed by atoms with van der Waals surface area (Å²) < 4.78 is 13.5. The number of amides is 1. The minimum Gasteiger partial charge on any atom is -0.507 e. The number of hydrogen-bond donors (Lipinski definition) is 1. The summed E-state index contributed by atoms with van der Waals surface area (Å²) in [6.45, 7) is 0.272. The van der Waals surface area contributed by atoms with Crippen molar-refractivity contribution in [3.63, 3.8) is 0 Å². The summed E-state index contributed by atoms with van der Waals surface area (Å²) in [6.07, 6.45) is 0.534. The van der Waals surface area contributed by atoms with Gasteiger partial charge >= 0.3 is 0 Å². The van der Waals surface area contributed by atoms with E-state index in [1.165, 1.54) is 29.2 Å². The zero-order valence-corrected chi connectivity index (χ0v) is 17.2. The maximum atomic E-state index is 13.5. The first-order valence-corrected chi connectivity index (χ1v) is 10.2. The van der Waals surface area contributed by atoms with Crippen molar-refractivity contribution < 1.29 is 19.1 Å². The highest BCUT2D eigenvalue weighted by Gasteiger charge is 2.45. The van der Waals surface area contributed by atoms with Crippen LogP contribution < -0.4 is 0 Å². The SMILES string of the molecule is O=C1C(=O)N(CCc2ccccc2)C(c2ccc(F)cc2)/C1=C(/O)c1ccc(Cl)cc1. The Labute approximate surface area is 184 Å². The lowest BCUT2D eigenvalue weighted by Gasteiger charge is -2.25. The molecule has 4 rings (SSSR count). The molecule has 1 unspecified atom stereocenters. The van der Waals surface area contributed by atoms with Gasteiger partial charge in [0.15, 0.2) is 0 Å². The molecule has 0 aromatic heterocycles. The van der Waals surface area contributed by atoms with Crippen molar-refractivity contribution >= 4 is 29.1 Å². The third-order valence-corrected chi connectivity index (χ3v) is 5.58. The third kappa shape index (κ3) is 4.23. The van der Waals surface area contributed by atoms with E-state index >= 15 is 0 Å². The van der Waals surface area contributed by atoms with Crippen LogP contribution in [-0.4, -0.2) is 28.2 Å². The van der Waals surface area contributed by atoms with Gasteiger partial charge in [-0.05, 0) is 53.9 Å². The summed E-state index contributed by atoms with van der Waals surface area (Å²) in [5.74, 6) is -2.18. The normalized spacial score (nSPS) is 17.9. The van der Waals surface area contributed by atoms with Crippen LogP contribution in [0.3, 0.4) is 0 Å². The maximum Gasteiger partial charge on any atom is 0.295 e. The number of aliphatic hydroxyl groups is 1. The standard InChI is InChI=1S/C25H19ClFNO3/c26-19-10-6-18(7-11-19)23(29)21-22(17-8-12-20(27)13-9-17)28(25(31)24(21)30)15-14-16-4-2-1-3-5-16/h1-13,22,29H,14-15H2/b23-21-. The van der Waals surface area contributed by atoms with Crippen LogP contribution in [0.2, 0.25) is 5.02 Å². The molecule has 3 aromatic carbocycles. The summed E-state index contributed by atoms with van der Waals surface area (Å²) in [5.41, 5.74) is 1.91. The highest BCUT2D eigenvalue weighted by Crippen LogP contribution is 2.39. The minimum absolute atomic E-state index is 0.0213. The molecule has 0 saturated carbocycles. The molecule has 1 N–H and O–H groups in total. The highest BCUT2D eigenvalue weighted by molar-refractivity contribution is 6.46. The van der Waals surface area contributed by atoms with Gasteiger partial charge in [0, 0.05) is 17.1 Å². The fraction of sp³-hybridized carbons (Fsp3) is 0.120. The Hall–Kier alpha value is -3.44. The van der Waals surface area contributed by atoms with Gasteiger partial charge in [-0.25, -0.2) is 4.39 Å². The molecule has 6 heteroatoms. The molecule has 1 aliphatic heterocycles. The fourth-order valence-electron chi connectivity index (χ4n) is 3.76. The summed E-state index contributed by atoms with van der Waals surface area (Å²) in [6, 6.07) is 20.7. The Kier molecular flexibility index (Phi) is 5.87. The first-order valence-electron chi connectivity index (χ1n) is 9.79. The molecule has 1 saturated heterocycles. The number of ketones is 1. The number of carbonyl (C=O) groups is 2. The van der Waals surface area contributed by atoms with E-state index < -0.39 is 23.5 Å². The molecule has 1 heterocycles. The molecule has 1 amide bonds. The predicted octanol–water partition coefficient (Wildman–Crippen LogP) is 5.14. The van der Waals surface area contributed by atoms with E-state index in [4.69, 9.17) is 11.6 Å². The number of halogens is 2. The Morgan fingerprint density at radius 3 is 2.23 bits per heavy atom.